The molecule has 0 aromatic heterocycles. The zero-order chi connectivity index (χ0) is 14.4. The minimum absolute atomic E-state index is 0.0793. The molecule has 0 saturated heterocycles. The normalized spacial score (nSPS) is 11.9. The minimum Gasteiger partial charge on any atom is -0.394 e. The Morgan fingerprint density at radius 2 is 1.75 bits per heavy atom. The van der Waals surface area contributed by atoms with Gasteiger partial charge in [-0.15, -0.1) is 0 Å². The van der Waals surface area contributed by atoms with Crippen molar-refractivity contribution in [1.82, 2.24) is 5.32 Å². The number of benzene rings is 2. The summed E-state index contributed by atoms with van der Waals surface area (Å²) in [5, 5.41) is 12.3. The van der Waals surface area contributed by atoms with Gasteiger partial charge >= 0.3 is 0 Å². The van der Waals surface area contributed by atoms with E-state index in [0.717, 1.165) is 9.13 Å². The van der Waals surface area contributed by atoms with Crippen molar-refractivity contribution in [3.8, 4) is 0 Å². The third kappa shape index (κ3) is 4.05. The Bertz CT molecular complexity index is 572. The third-order valence-electron chi connectivity index (χ3n) is 3.00. The molecule has 3 nitrogen and oxygen atoms in total. The molecule has 0 aliphatic rings. The fraction of sp³-hybridized carbons (Fsp3) is 0.188. The number of nitrogens with one attached hydrogen (secondary N) is 1. The lowest BCUT2D eigenvalue weighted by Gasteiger charge is -2.17. The fourth-order valence-electron chi connectivity index (χ4n) is 1.97. The molecule has 4 heteroatoms. The Kier molecular flexibility index (Phi) is 5.55. The Labute approximate surface area is 132 Å². The predicted molar refractivity (Wildman–Crippen MR) is 87.6 cm³/mol. The van der Waals surface area contributed by atoms with Crippen LogP contribution < -0.4 is 5.32 Å². The number of halogens is 1. The van der Waals surface area contributed by atoms with Crippen LogP contribution in [0.15, 0.2) is 54.6 Å². The standard InChI is InChI=1S/C16H16INO2/c17-15-9-5-4-8-14(15)16(20)18-13(11-19)10-12-6-2-1-3-7-12/h1-9,13,19H,10-11H2,(H,18,20). The summed E-state index contributed by atoms with van der Waals surface area (Å²) in [5.74, 6) is -0.148. The van der Waals surface area contributed by atoms with Crippen LogP contribution in [0.3, 0.4) is 0 Å². The zero-order valence-electron chi connectivity index (χ0n) is 10.9. The number of carbonyl (C=O) groups is 1. The minimum atomic E-state index is -0.277. The van der Waals surface area contributed by atoms with Crippen LogP contribution in [0.25, 0.3) is 0 Å². The maximum absolute atomic E-state index is 12.2. The number of aliphatic hydroxyl groups excluding tert-OH is 1. The van der Waals surface area contributed by atoms with Gasteiger partial charge in [-0.1, -0.05) is 42.5 Å². The van der Waals surface area contributed by atoms with Crippen molar-refractivity contribution in [2.75, 3.05) is 6.61 Å². The highest BCUT2D eigenvalue weighted by Gasteiger charge is 2.15. The molecule has 20 heavy (non-hydrogen) atoms. The van der Waals surface area contributed by atoms with E-state index in [0.29, 0.717) is 12.0 Å². The van der Waals surface area contributed by atoms with Crippen molar-refractivity contribution in [1.29, 1.82) is 0 Å². The summed E-state index contributed by atoms with van der Waals surface area (Å²) in [6.45, 7) is -0.0793. The zero-order valence-corrected chi connectivity index (χ0v) is 13.1. The number of rotatable bonds is 5. The highest BCUT2D eigenvalue weighted by molar-refractivity contribution is 14.1. The second-order valence-corrected chi connectivity index (χ2v) is 5.68. The van der Waals surface area contributed by atoms with Gasteiger partial charge in [0.05, 0.1) is 18.2 Å². The van der Waals surface area contributed by atoms with Gasteiger partial charge in [0.1, 0.15) is 0 Å². The molecule has 0 heterocycles. The molecule has 0 aliphatic carbocycles. The SMILES string of the molecule is O=C(NC(CO)Cc1ccccc1)c1ccccc1I. The Morgan fingerprint density at radius 3 is 2.40 bits per heavy atom. The average molecular weight is 381 g/mol. The summed E-state index contributed by atoms with van der Waals surface area (Å²) in [4.78, 5) is 12.2. The van der Waals surface area contributed by atoms with Crippen LogP contribution in [-0.2, 0) is 6.42 Å². The van der Waals surface area contributed by atoms with Gasteiger partial charge in [0.15, 0.2) is 0 Å². The maximum Gasteiger partial charge on any atom is 0.252 e. The summed E-state index contributed by atoms with van der Waals surface area (Å²) in [6.07, 6.45) is 0.618. The molecular formula is C16H16INO2. The van der Waals surface area contributed by atoms with E-state index in [4.69, 9.17) is 0 Å². The summed E-state index contributed by atoms with van der Waals surface area (Å²) in [7, 11) is 0. The molecule has 0 bridgehead atoms. The van der Waals surface area contributed by atoms with Crippen LogP contribution in [0.5, 0.6) is 0 Å². The highest BCUT2D eigenvalue weighted by Crippen LogP contribution is 2.12. The summed E-state index contributed by atoms with van der Waals surface area (Å²) >= 11 is 2.13. The van der Waals surface area contributed by atoms with E-state index >= 15 is 0 Å². The van der Waals surface area contributed by atoms with Crippen LogP contribution in [0, 0.1) is 3.57 Å². The van der Waals surface area contributed by atoms with Gasteiger partial charge in [-0.3, -0.25) is 4.79 Å². The van der Waals surface area contributed by atoms with Crippen molar-refractivity contribution >= 4 is 28.5 Å². The molecule has 2 aromatic rings. The lowest BCUT2D eigenvalue weighted by molar-refractivity contribution is 0.0915. The van der Waals surface area contributed by atoms with Gasteiger partial charge in [-0.05, 0) is 46.7 Å². The van der Waals surface area contributed by atoms with E-state index in [2.05, 4.69) is 27.9 Å². The summed E-state index contributed by atoms with van der Waals surface area (Å²) < 4.78 is 0.902. The van der Waals surface area contributed by atoms with E-state index in [9.17, 15) is 9.90 Å². The first-order valence-electron chi connectivity index (χ1n) is 6.41. The maximum atomic E-state index is 12.2. The Hall–Kier alpha value is -1.40. The van der Waals surface area contributed by atoms with Crippen LogP contribution >= 0.6 is 22.6 Å². The summed E-state index contributed by atoms with van der Waals surface area (Å²) in [6, 6.07) is 17.0. The van der Waals surface area contributed by atoms with E-state index in [1.165, 1.54) is 0 Å². The topological polar surface area (TPSA) is 49.3 Å². The van der Waals surface area contributed by atoms with E-state index in [-0.39, 0.29) is 18.6 Å². The molecule has 2 N–H and O–H groups in total. The molecule has 1 atom stereocenters. The monoisotopic (exact) mass is 381 g/mol. The van der Waals surface area contributed by atoms with E-state index < -0.39 is 0 Å². The molecule has 1 unspecified atom stereocenters. The van der Waals surface area contributed by atoms with E-state index in [1.54, 1.807) is 6.07 Å². The smallest absolute Gasteiger partial charge is 0.252 e. The van der Waals surface area contributed by atoms with Crippen LogP contribution in [0.1, 0.15) is 15.9 Å². The third-order valence-corrected chi connectivity index (χ3v) is 3.94. The molecule has 2 aromatic carbocycles. The van der Waals surface area contributed by atoms with Gasteiger partial charge < -0.3 is 10.4 Å². The van der Waals surface area contributed by atoms with Gasteiger partial charge in [-0.2, -0.15) is 0 Å². The molecule has 0 spiro atoms. The predicted octanol–water partition coefficient (Wildman–Crippen LogP) is 2.62. The molecule has 104 valence electrons. The van der Waals surface area contributed by atoms with Crippen molar-refractivity contribution in [3.05, 3.63) is 69.3 Å². The van der Waals surface area contributed by atoms with Gasteiger partial charge in [0, 0.05) is 3.57 Å². The van der Waals surface area contributed by atoms with Gasteiger partial charge in [0.2, 0.25) is 0 Å². The largest absolute Gasteiger partial charge is 0.394 e. The van der Waals surface area contributed by atoms with Crippen molar-refractivity contribution in [2.24, 2.45) is 0 Å². The second-order valence-electron chi connectivity index (χ2n) is 4.52. The first-order chi connectivity index (χ1) is 9.70. The first-order valence-corrected chi connectivity index (χ1v) is 7.48. The molecule has 0 saturated carbocycles. The van der Waals surface area contributed by atoms with Crippen LogP contribution in [0.4, 0.5) is 0 Å². The average Bonchev–Trinajstić information content (AvgIpc) is 2.48. The number of amides is 1. The number of hydrogen-bond donors (Lipinski definition) is 2. The van der Waals surface area contributed by atoms with Gasteiger partial charge in [-0.25, -0.2) is 0 Å². The highest BCUT2D eigenvalue weighted by atomic mass is 127. The van der Waals surface area contributed by atoms with E-state index in [1.807, 2.05) is 48.5 Å². The lowest BCUT2D eigenvalue weighted by atomic mass is 10.1. The first kappa shape index (κ1) is 15.0. The van der Waals surface area contributed by atoms with Gasteiger partial charge in [0.25, 0.3) is 5.91 Å². The molecule has 0 radical (unpaired) electrons. The number of hydrogen-bond acceptors (Lipinski definition) is 2. The molecule has 0 aliphatic heterocycles. The number of carbonyl (C=O) groups excluding carboxylic acids is 1. The lowest BCUT2D eigenvalue weighted by Crippen LogP contribution is -2.39. The van der Waals surface area contributed by atoms with Crippen LogP contribution in [-0.4, -0.2) is 23.7 Å². The second kappa shape index (κ2) is 7.40. The molecule has 1 amide bonds. The van der Waals surface area contributed by atoms with Crippen LogP contribution in [0.2, 0.25) is 0 Å². The quantitative estimate of drug-likeness (QED) is 0.783. The molecular weight excluding hydrogens is 365 g/mol. The van der Waals surface area contributed by atoms with Crippen molar-refractivity contribution < 1.29 is 9.90 Å². The Morgan fingerprint density at radius 1 is 1.10 bits per heavy atom. The molecule has 2 rings (SSSR count). The Balaban J connectivity index is 2.03. The van der Waals surface area contributed by atoms with Crippen molar-refractivity contribution in [3.63, 3.8) is 0 Å². The fourth-order valence-corrected chi connectivity index (χ4v) is 2.60. The van der Waals surface area contributed by atoms with Crippen molar-refractivity contribution in [2.45, 2.75) is 12.5 Å². The number of aliphatic hydroxyl groups is 1. The summed E-state index contributed by atoms with van der Waals surface area (Å²) in [5.41, 5.74) is 1.73. The molecule has 0 fully saturated rings.